The largest absolute Gasteiger partial charge is 0.790 e. The van der Waals surface area contributed by atoms with Crippen LogP contribution in [-0.2, 0) is 56.4 Å². The highest BCUT2D eigenvalue weighted by molar-refractivity contribution is 8.13. The lowest BCUT2D eigenvalue weighted by Crippen LogP contribution is -2.46. The Labute approximate surface area is 318 Å². The molecule has 1 saturated heterocycles. The molecule has 2 aromatic rings. The van der Waals surface area contributed by atoms with E-state index in [1.807, 2.05) is 13.8 Å². The van der Waals surface area contributed by atoms with Gasteiger partial charge in [0.15, 0.2) is 22.3 Å². The number of carbonyl (C=O) groups excluding carboxylic acids is 3. The number of aliphatic hydroxyl groups excluding tert-OH is 2. The van der Waals surface area contributed by atoms with E-state index < -0.39 is 84.1 Å². The summed E-state index contributed by atoms with van der Waals surface area (Å²) in [6.07, 6.45) is -5.65. The van der Waals surface area contributed by atoms with E-state index in [0.29, 0.717) is 12.2 Å². The van der Waals surface area contributed by atoms with Crippen molar-refractivity contribution >= 4 is 69.1 Å². The molecule has 0 aliphatic carbocycles. The van der Waals surface area contributed by atoms with Crippen molar-refractivity contribution in [3.8, 4) is 0 Å². The molecule has 3 heterocycles. The number of aliphatic hydroxyl groups is 2. The minimum atomic E-state index is -5.93. The average molecular weight is 862 g/mol. The predicted molar refractivity (Wildman–Crippen MR) is 182 cm³/mol. The summed E-state index contributed by atoms with van der Waals surface area (Å²) in [6, 6.07) is 0. The van der Waals surface area contributed by atoms with Crippen molar-refractivity contribution in [2.75, 3.05) is 37.8 Å². The van der Waals surface area contributed by atoms with Crippen LogP contribution in [0.25, 0.3) is 11.2 Å². The van der Waals surface area contributed by atoms with E-state index in [4.69, 9.17) is 10.5 Å². The first-order valence-electron chi connectivity index (χ1n) is 16.3. The second-order valence-electron chi connectivity index (χ2n) is 13.4. The number of anilines is 1. The number of amides is 2. The zero-order valence-corrected chi connectivity index (χ0v) is 33.6. The Morgan fingerprint density at radius 2 is 1.75 bits per heavy atom. The van der Waals surface area contributed by atoms with Gasteiger partial charge in [0.05, 0.1) is 27.4 Å². The lowest BCUT2D eigenvalue weighted by molar-refractivity contribution is -0.347. The molecular weight excluding hydrogens is 819 g/mol. The van der Waals surface area contributed by atoms with Gasteiger partial charge in [-0.25, -0.2) is 19.3 Å². The van der Waals surface area contributed by atoms with E-state index in [9.17, 15) is 57.9 Å². The number of rotatable bonds is 21. The number of thioether (sulfide) groups is 1. The summed E-state index contributed by atoms with van der Waals surface area (Å²) in [7, 11) is -17.6. The number of aromatic nitrogens is 4. The molecule has 24 nitrogen and oxygen atoms in total. The second kappa shape index (κ2) is 18.9. The Morgan fingerprint density at radius 3 is 2.38 bits per heavy atom. The molecule has 1 aliphatic heterocycles. The van der Waals surface area contributed by atoms with Gasteiger partial charge in [-0.2, -0.15) is 0 Å². The monoisotopic (exact) mass is 861 g/mol. The van der Waals surface area contributed by atoms with Gasteiger partial charge in [-0.1, -0.05) is 39.5 Å². The van der Waals surface area contributed by atoms with Crippen LogP contribution < -0.4 is 35.9 Å². The maximum absolute atomic E-state index is 12.6. The Balaban J connectivity index is 1.54. The molecule has 0 spiro atoms. The summed E-state index contributed by atoms with van der Waals surface area (Å²) in [6.45, 7) is 5.11. The molecule has 0 aromatic carbocycles. The zero-order valence-electron chi connectivity index (χ0n) is 30.1. The zero-order chi connectivity index (χ0) is 41.6. The lowest BCUT2D eigenvalue weighted by atomic mass is 9.87. The summed E-state index contributed by atoms with van der Waals surface area (Å²) in [5, 5.41) is 26.4. The van der Waals surface area contributed by atoms with Gasteiger partial charge in [-0.3, -0.25) is 28.1 Å². The van der Waals surface area contributed by atoms with E-state index in [2.05, 4.69) is 43.5 Å². The van der Waals surface area contributed by atoms with Crippen LogP contribution in [0.3, 0.4) is 0 Å². The smallest absolute Gasteiger partial charge is 0.274 e. The minimum absolute atomic E-state index is 0.000570. The SMILES string of the molecule is CC(C)CC(=O)SCCNC(=O)CCNC(=O)C(O)C(C)(C)COP(=O)([O-])OP(=O)([O-])OCC1OC(C)(n2cnc3c(N)ncnc32)C(O)C1OP(=O)([O-])[O-]. The number of phosphoric acid groups is 3. The summed E-state index contributed by atoms with van der Waals surface area (Å²) >= 11 is 1.09. The fraction of sp³-hybridized carbons (Fsp3) is 0.704. The third-order valence-corrected chi connectivity index (χ3v) is 11.7. The first-order valence-corrected chi connectivity index (χ1v) is 21.6. The molecule has 0 bridgehead atoms. The highest BCUT2D eigenvalue weighted by Crippen LogP contribution is 2.56. The number of ether oxygens (including phenoxy) is 1. The predicted octanol–water partition coefficient (Wildman–Crippen LogP) is -2.64. The van der Waals surface area contributed by atoms with E-state index in [1.54, 1.807) is 0 Å². The molecule has 28 heteroatoms. The number of nitrogens with two attached hydrogens (primary N) is 1. The van der Waals surface area contributed by atoms with E-state index in [-0.39, 0.29) is 47.5 Å². The van der Waals surface area contributed by atoms with Gasteiger partial charge >= 0.3 is 0 Å². The highest BCUT2D eigenvalue weighted by Gasteiger charge is 2.55. The Morgan fingerprint density at radius 1 is 1.09 bits per heavy atom. The number of nitrogens with zero attached hydrogens (tertiary/aromatic N) is 4. The van der Waals surface area contributed by atoms with E-state index in [0.717, 1.165) is 29.0 Å². The Kier molecular flexibility index (Phi) is 16.1. The van der Waals surface area contributed by atoms with Crippen LogP contribution in [0.1, 0.15) is 47.5 Å². The Bertz CT molecular complexity index is 1830. The van der Waals surface area contributed by atoms with Gasteiger partial charge in [0, 0.05) is 37.1 Å². The third-order valence-electron chi connectivity index (χ3n) is 7.80. The molecule has 2 aromatic heterocycles. The van der Waals surface area contributed by atoms with Gasteiger partial charge in [-0.05, 0) is 12.8 Å². The minimum Gasteiger partial charge on any atom is -0.790 e. The van der Waals surface area contributed by atoms with Crippen LogP contribution in [0.15, 0.2) is 12.7 Å². The molecule has 0 radical (unpaired) electrons. The normalized spacial score (nSPS) is 23.3. The molecule has 1 fully saturated rings. The number of hydrogen-bond donors (Lipinski definition) is 5. The maximum Gasteiger partial charge on any atom is 0.274 e. The summed E-state index contributed by atoms with van der Waals surface area (Å²) in [5.74, 6) is -0.971. The first-order chi connectivity index (χ1) is 25.3. The van der Waals surface area contributed by atoms with E-state index >= 15 is 0 Å². The summed E-state index contributed by atoms with van der Waals surface area (Å²) in [5.41, 5.74) is 2.03. The quantitative estimate of drug-likeness (QED) is 0.0632. The standard InChI is InChI=1S/C27H46N7O17P3S/c1-15(2)10-18(36)55-9-8-29-17(35)6-7-30-25(39)22(38)26(3,4)12-48-54(45,46)51-53(43,44)47-11-16-20(50-52(40,41)42)21(37)27(5,49-16)34-14-33-19-23(28)31-13-32-24(19)34/h13-16,20-22,37-38H,6-12H2,1-5H3,(H,29,35)(H,30,39)(H,43,44)(H,45,46)(H2,28,31,32)(H2,40,41,42)/p-4. The van der Waals surface area contributed by atoms with Gasteiger partial charge in [0.25, 0.3) is 15.6 Å². The molecule has 312 valence electrons. The van der Waals surface area contributed by atoms with Crippen molar-refractivity contribution in [3.63, 3.8) is 0 Å². The fourth-order valence-electron chi connectivity index (χ4n) is 4.98. The fourth-order valence-corrected chi connectivity index (χ4v) is 8.59. The van der Waals surface area contributed by atoms with Gasteiger partial charge in [0.1, 0.15) is 36.3 Å². The number of imidazole rings is 1. The van der Waals surface area contributed by atoms with Crippen molar-refractivity contribution in [1.82, 2.24) is 30.2 Å². The maximum atomic E-state index is 12.6. The van der Waals surface area contributed by atoms with Crippen LogP contribution in [-0.4, -0.2) is 103 Å². The average Bonchev–Trinajstić information content (AvgIpc) is 3.60. The topological polar surface area (TPSA) is 375 Å². The van der Waals surface area contributed by atoms with Gasteiger partial charge in [0.2, 0.25) is 11.8 Å². The van der Waals surface area contributed by atoms with Crippen molar-refractivity contribution in [1.29, 1.82) is 0 Å². The molecule has 2 amide bonds. The molecule has 7 unspecified atom stereocenters. The molecule has 3 rings (SSSR count). The first kappa shape index (κ1) is 46.9. The molecule has 1 aliphatic rings. The Hall–Kier alpha value is -2.44. The van der Waals surface area contributed by atoms with Gasteiger partial charge < -0.3 is 69.0 Å². The summed E-state index contributed by atoms with van der Waals surface area (Å²) in [4.78, 5) is 96.0. The van der Waals surface area contributed by atoms with Crippen LogP contribution in [0.5, 0.6) is 0 Å². The molecular formula is C27H42N7O17P3S-4. The van der Waals surface area contributed by atoms with Crippen molar-refractivity contribution < 1.29 is 80.5 Å². The molecule has 55 heavy (non-hydrogen) atoms. The number of nitrogens with one attached hydrogen (secondary N) is 2. The van der Waals surface area contributed by atoms with Gasteiger partial charge in [-0.15, -0.1) is 0 Å². The molecule has 6 N–H and O–H groups in total. The summed E-state index contributed by atoms with van der Waals surface area (Å²) < 4.78 is 61.0. The van der Waals surface area contributed by atoms with Crippen molar-refractivity contribution in [3.05, 3.63) is 12.7 Å². The van der Waals surface area contributed by atoms with Crippen LogP contribution in [0, 0.1) is 11.3 Å². The van der Waals surface area contributed by atoms with E-state index in [1.165, 1.54) is 20.8 Å². The van der Waals surface area contributed by atoms with Crippen LogP contribution in [0.2, 0.25) is 0 Å². The molecule has 7 atom stereocenters. The number of nitrogen functional groups attached to an aromatic ring is 1. The van der Waals surface area contributed by atoms with Crippen LogP contribution in [0.4, 0.5) is 5.82 Å². The number of phosphoric ester groups is 3. The second-order valence-corrected chi connectivity index (χ2v) is 18.6. The third kappa shape index (κ3) is 13.6. The number of fused-ring (bicyclic) bond motifs is 1. The number of carbonyl (C=O) groups is 3. The molecule has 0 saturated carbocycles. The highest BCUT2D eigenvalue weighted by atomic mass is 32.2. The van der Waals surface area contributed by atoms with Crippen molar-refractivity contribution in [2.24, 2.45) is 11.3 Å². The van der Waals surface area contributed by atoms with Crippen LogP contribution >= 0.6 is 35.2 Å². The number of hydrogen-bond acceptors (Lipinski definition) is 22. The lowest BCUT2D eigenvalue weighted by Gasteiger charge is -2.36. The van der Waals surface area contributed by atoms with Crippen molar-refractivity contribution in [2.45, 2.75) is 77.6 Å².